The average Bonchev–Trinajstić information content (AvgIpc) is 3.34. The van der Waals surface area contributed by atoms with Gasteiger partial charge in [0.1, 0.15) is 11.3 Å². The van der Waals surface area contributed by atoms with Crippen LogP contribution in [0.4, 0.5) is 4.79 Å². The average molecular weight is 446 g/mol. The van der Waals surface area contributed by atoms with Crippen LogP contribution in [0.5, 0.6) is 5.75 Å². The van der Waals surface area contributed by atoms with Crippen molar-refractivity contribution in [3.05, 3.63) is 24.3 Å². The zero-order valence-corrected chi connectivity index (χ0v) is 18.0. The van der Waals surface area contributed by atoms with Gasteiger partial charge in [-0.25, -0.2) is 4.79 Å². The van der Waals surface area contributed by atoms with E-state index < -0.39 is 23.4 Å². The Labute approximate surface area is 183 Å². The zero-order chi connectivity index (χ0) is 22.0. The molecule has 0 radical (unpaired) electrons. The number of carbonyl (C=O) groups is 3. The molecule has 1 aromatic carbocycles. The maximum absolute atomic E-state index is 12.8. The summed E-state index contributed by atoms with van der Waals surface area (Å²) in [6, 6.07) is 6.52. The molecule has 0 atom stereocenters. The third kappa shape index (κ3) is 4.36. The van der Waals surface area contributed by atoms with Crippen molar-refractivity contribution in [2.24, 2.45) is 5.92 Å². The molecule has 164 valence electrons. The molecule has 2 N–H and O–H groups in total. The highest BCUT2D eigenvalue weighted by Crippen LogP contribution is 2.35. The van der Waals surface area contributed by atoms with Crippen molar-refractivity contribution in [1.82, 2.24) is 25.9 Å². The van der Waals surface area contributed by atoms with Gasteiger partial charge in [-0.05, 0) is 55.9 Å². The van der Waals surface area contributed by atoms with Gasteiger partial charge in [0, 0.05) is 5.56 Å². The quantitative estimate of drug-likeness (QED) is 0.513. The van der Waals surface area contributed by atoms with E-state index in [0.717, 1.165) is 35.2 Å². The lowest BCUT2D eigenvalue weighted by Gasteiger charge is -2.33. The molecule has 2 fully saturated rings. The summed E-state index contributed by atoms with van der Waals surface area (Å²) in [5.74, 6) is 0.534. The second-order valence-corrected chi connectivity index (χ2v) is 8.69. The van der Waals surface area contributed by atoms with Crippen molar-refractivity contribution in [3.8, 4) is 17.2 Å². The number of nitrogens with zero attached hydrogens (tertiary/aromatic N) is 3. The molecule has 31 heavy (non-hydrogen) atoms. The maximum atomic E-state index is 12.8. The number of rotatable bonds is 6. The van der Waals surface area contributed by atoms with Crippen LogP contribution in [0.1, 0.15) is 32.6 Å². The van der Waals surface area contributed by atoms with Crippen LogP contribution in [-0.4, -0.2) is 51.5 Å². The molecule has 1 aromatic heterocycles. The molecule has 2 heterocycles. The minimum absolute atomic E-state index is 0.0919. The Morgan fingerprint density at radius 2 is 2.00 bits per heavy atom. The van der Waals surface area contributed by atoms with Gasteiger partial charge in [0.15, 0.2) is 0 Å². The van der Waals surface area contributed by atoms with Crippen LogP contribution in [0, 0.1) is 5.92 Å². The van der Waals surface area contributed by atoms with Crippen molar-refractivity contribution < 1.29 is 23.5 Å². The number of urea groups is 1. The smallest absolute Gasteiger partial charge is 0.344 e. The number of amides is 4. The van der Waals surface area contributed by atoms with Gasteiger partial charge in [-0.1, -0.05) is 18.7 Å². The second-order valence-electron chi connectivity index (χ2n) is 7.76. The molecule has 2 aliphatic rings. The molecular weight excluding hydrogens is 422 g/mol. The number of hydrogen-bond acceptors (Lipinski definition) is 8. The minimum atomic E-state index is -0.899. The van der Waals surface area contributed by atoms with E-state index in [1.54, 1.807) is 31.4 Å². The topological polar surface area (TPSA) is 127 Å². The second kappa shape index (κ2) is 8.58. The van der Waals surface area contributed by atoms with Crippen molar-refractivity contribution in [2.45, 2.75) is 43.4 Å². The Hall–Kier alpha value is -3.08. The summed E-state index contributed by atoms with van der Waals surface area (Å²) in [7, 11) is 1.58. The number of hydrazine groups is 1. The van der Waals surface area contributed by atoms with Crippen molar-refractivity contribution in [2.75, 3.05) is 12.9 Å². The summed E-state index contributed by atoms with van der Waals surface area (Å²) in [5, 5.41) is 11.6. The van der Waals surface area contributed by atoms with Crippen LogP contribution >= 0.6 is 11.8 Å². The summed E-state index contributed by atoms with van der Waals surface area (Å²) in [6.07, 6.45) is 2.88. The lowest BCUT2D eigenvalue weighted by molar-refractivity contribution is -0.139. The van der Waals surface area contributed by atoms with Crippen molar-refractivity contribution in [1.29, 1.82) is 0 Å². The summed E-state index contributed by atoms with van der Waals surface area (Å²) < 4.78 is 10.7. The van der Waals surface area contributed by atoms with Gasteiger partial charge in [0.2, 0.25) is 11.8 Å². The molecule has 2 aromatic rings. The molecule has 1 aliphatic carbocycles. The molecule has 11 heteroatoms. The monoisotopic (exact) mass is 445 g/mol. The number of methoxy groups -OCH3 is 1. The number of hydrogen-bond donors (Lipinski definition) is 2. The van der Waals surface area contributed by atoms with Crippen LogP contribution in [-0.2, 0) is 9.59 Å². The SMILES string of the molecule is COc1ccc(-c2nnc(SCC(=O)NN3C(=O)NC4(CCC(C)CC4)C3=O)o2)cc1. The molecule has 0 unspecified atom stereocenters. The summed E-state index contributed by atoms with van der Waals surface area (Å²) in [4.78, 5) is 37.4. The zero-order valence-electron chi connectivity index (χ0n) is 17.2. The highest BCUT2D eigenvalue weighted by molar-refractivity contribution is 7.99. The molecule has 1 saturated heterocycles. The third-order valence-corrected chi connectivity index (χ3v) is 6.41. The van der Waals surface area contributed by atoms with E-state index in [9.17, 15) is 14.4 Å². The number of nitrogens with one attached hydrogen (secondary N) is 2. The lowest BCUT2D eigenvalue weighted by atomic mass is 9.77. The van der Waals surface area contributed by atoms with E-state index in [4.69, 9.17) is 9.15 Å². The molecule has 1 saturated carbocycles. The van der Waals surface area contributed by atoms with Gasteiger partial charge in [-0.15, -0.1) is 10.2 Å². The normalized spacial score (nSPS) is 23.2. The molecule has 10 nitrogen and oxygen atoms in total. The standard InChI is InChI=1S/C20H23N5O5S/c1-12-7-9-20(10-8-12)17(27)25(18(28)21-20)24-15(26)11-31-19-23-22-16(30-19)13-3-5-14(29-2)6-4-13/h3-6,12H,7-11H2,1-2H3,(H,21,28)(H,24,26). The van der Waals surface area contributed by atoms with Gasteiger partial charge in [0.25, 0.3) is 11.1 Å². The van der Waals surface area contributed by atoms with Crippen LogP contribution in [0.3, 0.4) is 0 Å². The molecule has 1 aliphatic heterocycles. The van der Waals surface area contributed by atoms with E-state index >= 15 is 0 Å². The molecule has 4 amide bonds. The number of imide groups is 1. The summed E-state index contributed by atoms with van der Waals surface area (Å²) in [6.45, 7) is 2.13. The van der Waals surface area contributed by atoms with E-state index in [1.807, 2.05) is 0 Å². The fraction of sp³-hybridized carbons (Fsp3) is 0.450. The maximum Gasteiger partial charge on any atom is 0.344 e. The Balaban J connectivity index is 1.32. The van der Waals surface area contributed by atoms with E-state index in [0.29, 0.717) is 30.4 Å². The highest BCUT2D eigenvalue weighted by atomic mass is 32.2. The molecule has 4 rings (SSSR count). The molecular formula is C20H23N5O5S. The number of thioether (sulfide) groups is 1. The Morgan fingerprint density at radius 3 is 2.68 bits per heavy atom. The number of ether oxygens (including phenoxy) is 1. The number of benzene rings is 1. The van der Waals surface area contributed by atoms with Gasteiger partial charge in [-0.3, -0.25) is 15.0 Å². The first kappa shape index (κ1) is 21.2. The summed E-state index contributed by atoms with van der Waals surface area (Å²) >= 11 is 1.02. The summed E-state index contributed by atoms with van der Waals surface area (Å²) in [5.41, 5.74) is 2.21. The van der Waals surface area contributed by atoms with Crippen molar-refractivity contribution in [3.63, 3.8) is 0 Å². The van der Waals surface area contributed by atoms with Crippen LogP contribution in [0.2, 0.25) is 0 Å². The Bertz CT molecular complexity index is 984. The molecule has 0 bridgehead atoms. The minimum Gasteiger partial charge on any atom is -0.497 e. The largest absolute Gasteiger partial charge is 0.497 e. The van der Waals surface area contributed by atoms with E-state index in [2.05, 4.69) is 27.9 Å². The number of carbonyl (C=O) groups excluding carboxylic acids is 3. The predicted molar refractivity (Wildman–Crippen MR) is 111 cm³/mol. The van der Waals surface area contributed by atoms with Gasteiger partial charge < -0.3 is 14.5 Å². The number of aromatic nitrogens is 2. The first-order chi connectivity index (χ1) is 14.9. The fourth-order valence-electron chi connectivity index (χ4n) is 3.72. The fourth-order valence-corrected chi connectivity index (χ4v) is 4.27. The van der Waals surface area contributed by atoms with E-state index in [-0.39, 0.29) is 11.0 Å². The van der Waals surface area contributed by atoms with Crippen LogP contribution in [0.25, 0.3) is 11.5 Å². The predicted octanol–water partition coefficient (Wildman–Crippen LogP) is 2.37. The Morgan fingerprint density at radius 1 is 1.29 bits per heavy atom. The third-order valence-electron chi connectivity index (χ3n) is 5.60. The van der Waals surface area contributed by atoms with Crippen LogP contribution < -0.4 is 15.5 Å². The van der Waals surface area contributed by atoms with Crippen LogP contribution in [0.15, 0.2) is 33.9 Å². The highest BCUT2D eigenvalue weighted by Gasteiger charge is 2.52. The van der Waals surface area contributed by atoms with Gasteiger partial charge in [0.05, 0.1) is 12.9 Å². The van der Waals surface area contributed by atoms with E-state index in [1.165, 1.54) is 0 Å². The van der Waals surface area contributed by atoms with Gasteiger partial charge >= 0.3 is 6.03 Å². The first-order valence-corrected chi connectivity index (χ1v) is 11.0. The first-order valence-electron chi connectivity index (χ1n) is 9.97. The molecule has 1 spiro atoms. The van der Waals surface area contributed by atoms with Crippen molar-refractivity contribution >= 4 is 29.6 Å². The Kier molecular flexibility index (Phi) is 5.86. The van der Waals surface area contributed by atoms with Gasteiger partial charge in [-0.2, -0.15) is 5.01 Å². The lowest BCUT2D eigenvalue weighted by Crippen LogP contribution is -2.51.